The maximum Gasteiger partial charge on any atom is 0.189 e. The van der Waals surface area contributed by atoms with E-state index in [0.29, 0.717) is 22.5 Å². The number of ether oxygens (including phenoxy) is 1. The van der Waals surface area contributed by atoms with E-state index in [4.69, 9.17) is 33.7 Å². The van der Waals surface area contributed by atoms with Crippen LogP contribution in [0.1, 0.15) is 31.0 Å². The number of aromatic nitrogens is 1. The zero-order chi connectivity index (χ0) is 20.1. The number of rotatable bonds is 5. The number of guanidine groups is 1. The number of anilines is 1. The number of hydrogen-bond donors (Lipinski definition) is 2. The second-order valence-electron chi connectivity index (χ2n) is 6.89. The highest BCUT2D eigenvalue weighted by atomic mass is 127. The van der Waals surface area contributed by atoms with E-state index in [1.54, 1.807) is 12.1 Å². The van der Waals surface area contributed by atoms with Gasteiger partial charge in [0.25, 0.3) is 0 Å². The Kier molecular flexibility index (Phi) is 9.26. The lowest BCUT2D eigenvalue weighted by atomic mass is 10.1. The average Bonchev–Trinajstić information content (AvgIpc) is 2.66. The minimum atomic E-state index is -0.0858. The van der Waals surface area contributed by atoms with Gasteiger partial charge in [-0.15, -0.1) is 24.0 Å². The molecule has 158 valence electrons. The number of morpholine rings is 1. The second-order valence-corrected chi connectivity index (χ2v) is 7.73. The third-order valence-electron chi connectivity index (χ3n) is 4.60. The van der Waals surface area contributed by atoms with Gasteiger partial charge in [-0.1, -0.05) is 35.3 Å². The van der Waals surface area contributed by atoms with Crippen molar-refractivity contribution in [3.05, 3.63) is 57.7 Å². The molecule has 2 aromatic rings. The van der Waals surface area contributed by atoms with Crippen LogP contribution in [0.5, 0.6) is 0 Å². The summed E-state index contributed by atoms with van der Waals surface area (Å²) in [6.45, 7) is 6.93. The lowest BCUT2D eigenvalue weighted by molar-refractivity contribution is 0.0529. The molecule has 29 heavy (non-hydrogen) atoms. The van der Waals surface area contributed by atoms with E-state index in [-0.39, 0.29) is 36.1 Å². The first-order chi connectivity index (χ1) is 13.4. The third-order valence-corrected chi connectivity index (χ3v) is 5.16. The molecule has 3 rings (SSSR count). The lowest BCUT2D eigenvalue weighted by Gasteiger charge is -2.32. The van der Waals surface area contributed by atoms with E-state index in [1.807, 2.05) is 31.3 Å². The quantitative estimate of drug-likeness (QED) is 0.328. The summed E-state index contributed by atoms with van der Waals surface area (Å²) in [5.74, 6) is 1.31. The molecule has 2 unspecified atom stereocenters. The zero-order valence-corrected chi connectivity index (χ0v) is 20.3. The number of halogens is 3. The summed E-state index contributed by atoms with van der Waals surface area (Å²) in [6.07, 6.45) is 2.06. The largest absolute Gasteiger partial charge is 0.375 e. The molecule has 9 heteroatoms. The van der Waals surface area contributed by atoms with Crippen molar-refractivity contribution in [2.75, 3.05) is 24.6 Å². The van der Waals surface area contributed by atoms with Gasteiger partial charge in [0.05, 0.1) is 25.3 Å². The maximum absolute atomic E-state index is 6.24. The van der Waals surface area contributed by atoms with Gasteiger partial charge in [0.1, 0.15) is 5.82 Å². The van der Waals surface area contributed by atoms with E-state index in [9.17, 15) is 0 Å². The van der Waals surface area contributed by atoms with E-state index in [0.717, 1.165) is 36.6 Å². The van der Waals surface area contributed by atoms with Crippen LogP contribution in [0, 0.1) is 0 Å². The zero-order valence-electron chi connectivity index (χ0n) is 16.4. The highest BCUT2D eigenvalue weighted by molar-refractivity contribution is 14.0. The SMILES string of the molecule is CC1CN(c2ccc(CN=C(N)NC(C)c3ccc(Cl)cc3Cl)cn2)CCO1.I. The van der Waals surface area contributed by atoms with E-state index >= 15 is 0 Å². The summed E-state index contributed by atoms with van der Waals surface area (Å²) < 4.78 is 5.57. The number of benzene rings is 1. The normalized spacial score (nSPS) is 18.1. The van der Waals surface area contributed by atoms with Crippen molar-refractivity contribution < 1.29 is 4.74 Å². The molecule has 0 radical (unpaired) electrons. The Hall–Kier alpha value is -1.29. The minimum Gasteiger partial charge on any atom is -0.375 e. The third kappa shape index (κ3) is 6.87. The monoisotopic (exact) mass is 549 g/mol. The van der Waals surface area contributed by atoms with Crippen LogP contribution >= 0.6 is 47.2 Å². The molecule has 0 amide bonds. The van der Waals surface area contributed by atoms with Crippen LogP contribution < -0.4 is 16.0 Å². The van der Waals surface area contributed by atoms with Gasteiger partial charge in [0, 0.05) is 29.3 Å². The highest BCUT2D eigenvalue weighted by Crippen LogP contribution is 2.26. The van der Waals surface area contributed by atoms with E-state index in [2.05, 4.69) is 27.1 Å². The van der Waals surface area contributed by atoms with Gasteiger partial charge in [-0.25, -0.2) is 9.98 Å². The topological polar surface area (TPSA) is 75.8 Å². The fourth-order valence-electron chi connectivity index (χ4n) is 3.10. The molecule has 1 fully saturated rings. The van der Waals surface area contributed by atoms with E-state index in [1.165, 1.54) is 0 Å². The first-order valence-corrected chi connectivity index (χ1v) is 10.0. The van der Waals surface area contributed by atoms with Crippen molar-refractivity contribution in [2.24, 2.45) is 10.7 Å². The number of pyridine rings is 1. The van der Waals surface area contributed by atoms with Crippen LogP contribution in [0.15, 0.2) is 41.5 Å². The summed E-state index contributed by atoms with van der Waals surface area (Å²) in [7, 11) is 0. The summed E-state index contributed by atoms with van der Waals surface area (Å²) in [5, 5.41) is 4.35. The van der Waals surface area contributed by atoms with Crippen LogP contribution in [0.2, 0.25) is 10.0 Å². The fraction of sp³-hybridized carbons (Fsp3) is 0.400. The number of nitrogens with zero attached hydrogens (tertiary/aromatic N) is 3. The maximum atomic E-state index is 6.24. The van der Waals surface area contributed by atoms with Gasteiger partial charge in [0.2, 0.25) is 0 Å². The molecule has 2 heterocycles. The van der Waals surface area contributed by atoms with Gasteiger partial charge >= 0.3 is 0 Å². The molecule has 0 bridgehead atoms. The van der Waals surface area contributed by atoms with Crippen LogP contribution in [-0.2, 0) is 11.3 Å². The number of nitrogens with two attached hydrogens (primary N) is 1. The van der Waals surface area contributed by atoms with Gasteiger partial charge < -0.3 is 20.7 Å². The Balaban J connectivity index is 0.00000300. The van der Waals surface area contributed by atoms with Crippen LogP contribution in [-0.4, -0.2) is 36.7 Å². The Morgan fingerprint density at radius 1 is 1.38 bits per heavy atom. The van der Waals surface area contributed by atoms with Crippen molar-refractivity contribution in [1.82, 2.24) is 10.3 Å². The minimum absolute atomic E-state index is 0. The molecule has 2 atom stereocenters. The molecule has 0 saturated carbocycles. The molecule has 3 N–H and O–H groups in total. The van der Waals surface area contributed by atoms with Crippen LogP contribution in [0.4, 0.5) is 5.82 Å². The van der Waals surface area contributed by atoms with Crippen LogP contribution in [0.3, 0.4) is 0 Å². The summed E-state index contributed by atoms with van der Waals surface area (Å²) in [4.78, 5) is 11.2. The average molecular weight is 550 g/mol. The predicted octanol–water partition coefficient (Wildman–Crippen LogP) is 4.40. The van der Waals surface area contributed by atoms with Gasteiger partial charge in [-0.05, 0) is 43.2 Å². The lowest BCUT2D eigenvalue weighted by Crippen LogP contribution is -2.41. The Labute approximate surface area is 198 Å². The molecule has 0 aliphatic carbocycles. The number of hydrogen-bond acceptors (Lipinski definition) is 4. The standard InChI is InChI=1S/C20H25Cl2N5O.HI/c1-13-12-27(7-8-28-13)19-6-3-15(10-24-19)11-25-20(23)26-14(2)17-5-4-16(21)9-18(17)22;/h3-6,9-10,13-14H,7-8,11-12H2,1-2H3,(H3,23,25,26);1H. The number of nitrogens with one attached hydrogen (secondary N) is 1. The van der Waals surface area contributed by atoms with Crippen LogP contribution in [0.25, 0.3) is 0 Å². The van der Waals surface area contributed by atoms with Gasteiger partial charge in [-0.3, -0.25) is 0 Å². The van der Waals surface area contributed by atoms with Gasteiger partial charge in [0.15, 0.2) is 5.96 Å². The van der Waals surface area contributed by atoms with Crippen molar-refractivity contribution in [2.45, 2.75) is 32.5 Å². The van der Waals surface area contributed by atoms with E-state index < -0.39 is 0 Å². The van der Waals surface area contributed by atoms with Crippen molar-refractivity contribution in [3.63, 3.8) is 0 Å². The summed E-state index contributed by atoms with van der Waals surface area (Å²) in [6, 6.07) is 9.35. The molecule has 1 aromatic heterocycles. The molecule has 1 aliphatic rings. The fourth-order valence-corrected chi connectivity index (χ4v) is 3.67. The predicted molar refractivity (Wildman–Crippen MR) is 131 cm³/mol. The first kappa shape index (κ1) is 24.0. The molecular weight excluding hydrogens is 524 g/mol. The second kappa shape index (κ2) is 11.2. The summed E-state index contributed by atoms with van der Waals surface area (Å²) in [5.41, 5.74) is 7.93. The van der Waals surface area contributed by atoms with Crippen molar-refractivity contribution in [3.8, 4) is 0 Å². The molecular formula is C20H26Cl2IN5O. The molecule has 1 aliphatic heterocycles. The smallest absolute Gasteiger partial charge is 0.189 e. The molecule has 1 saturated heterocycles. The molecule has 1 aromatic carbocycles. The molecule has 6 nitrogen and oxygen atoms in total. The van der Waals surface area contributed by atoms with Crippen molar-refractivity contribution in [1.29, 1.82) is 0 Å². The Morgan fingerprint density at radius 2 is 2.17 bits per heavy atom. The van der Waals surface area contributed by atoms with Gasteiger partial charge in [-0.2, -0.15) is 0 Å². The highest BCUT2D eigenvalue weighted by Gasteiger charge is 2.17. The first-order valence-electron chi connectivity index (χ1n) is 9.25. The van der Waals surface area contributed by atoms with Crippen molar-refractivity contribution >= 4 is 59.0 Å². The number of aliphatic imine (C=N–C) groups is 1. The molecule has 0 spiro atoms. The Bertz CT molecular complexity index is 834. The Morgan fingerprint density at radius 3 is 2.83 bits per heavy atom. The summed E-state index contributed by atoms with van der Waals surface area (Å²) >= 11 is 12.2.